The summed E-state index contributed by atoms with van der Waals surface area (Å²) in [5.74, 6) is 0.806. The van der Waals surface area contributed by atoms with Crippen molar-refractivity contribution >= 4 is 6.29 Å². The molecule has 2 aromatic heterocycles. The number of carbonyl (C=O) groups is 1. The van der Waals surface area contributed by atoms with E-state index >= 15 is 0 Å². The first-order valence-corrected chi connectivity index (χ1v) is 5.34. The summed E-state index contributed by atoms with van der Waals surface area (Å²) in [4.78, 5) is 18.9. The normalized spacial score (nSPS) is 9.83. The maximum Gasteiger partial charge on any atom is 0.213 e. The first kappa shape index (κ1) is 12.0. The van der Waals surface area contributed by atoms with Gasteiger partial charge in [0, 0.05) is 24.0 Å². The number of ether oxygens (including phenoxy) is 2. The highest BCUT2D eigenvalue weighted by atomic mass is 16.5. The van der Waals surface area contributed by atoms with Gasteiger partial charge in [-0.1, -0.05) is 6.07 Å². The van der Waals surface area contributed by atoms with E-state index < -0.39 is 0 Å². The number of hydrogen-bond donors (Lipinski definition) is 0. The van der Waals surface area contributed by atoms with Crippen LogP contribution in [0.2, 0.25) is 0 Å². The number of methoxy groups -OCH3 is 1. The molecule has 92 valence electrons. The quantitative estimate of drug-likeness (QED) is 0.751. The standard InChI is InChI=1S/C13H12N2O3/c1-17-13-5-11(8-16)12(7-15-13)18-9-10-3-2-4-14-6-10/h2-8H,9H2,1H3. The van der Waals surface area contributed by atoms with Crippen molar-refractivity contribution in [3.05, 3.63) is 47.9 Å². The van der Waals surface area contributed by atoms with Crippen LogP contribution in [0.25, 0.3) is 0 Å². The minimum atomic E-state index is 0.336. The van der Waals surface area contributed by atoms with E-state index in [9.17, 15) is 4.79 Å². The van der Waals surface area contributed by atoms with Gasteiger partial charge >= 0.3 is 0 Å². The van der Waals surface area contributed by atoms with Gasteiger partial charge in [0.1, 0.15) is 12.4 Å². The van der Waals surface area contributed by atoms with Crippen molar-refractivity contribution in [1.82, 2.24) is 9.97 Å². The number of pyridine rings is 2. The summed E-state index contributed by atoms with van der Waals surface area (Å²) in [5, 5.41) is 0. The van der Waals surface area contributed by atoms with Crippen molar-refractivity contribution in [2.24, 2.45) is 0 Å². The Morgan fingerprint density at radius 1 is 1.39 bits per heavy atom. The monoisotopic (exact) mass is 244 g/mol. The molecule has 0 aromatic carbocycles. The minimum absolute atomic E-state index is 0.336. The van der Waals surface area contributed by atoms with E-state index in [1.807, 2.05) is 12.1 Å². The first-order chi connectivity index (χ1) is 8.83. The predicted octanol–water partition coefficient (Wildman–Crippen LogP) is 1.88. The third-order valence-electron chi connectivity index (χ3n) is 2.33. The second kappa shape index (κ2) is 5.77. The number of aldehydes is 1. The lowest BCUT2D eigenvalue weighted by Gasteiger charge is -2.08. The Kier molecular flexibility index (Phi) is 3.86. The average Bonchev–Trinajstić information content (AvgIpc) is 2.46. The highest BCUT2D eigenvalue weighted by molar-refractivity contribution is 5.79. The van der Waals surface area contributed by atoms with E-state index in [4.69, 9.17) is 9.47 Å². The largest absolute Gasteiger partial charge is 0.486 e. The Labute approximate surface area is 104 Å². The highest BCUT2D eigenvalue weighted by Crippen LogP contribution is 2.20. The molecule has 0 spiro atoms. The zero-order valence-corrected chi connectivity index (χ0v) is 9.87. The molecule has 0 aliphatic rings. The van der Waals surface area contributed by atoms with Crippen LogP contribution in [-0.4, -0.2) is 23.4 Å². The molecule has 0 fully saturated rings. The van der Waals surface area contributed by atoms with E-state index in [1.165, 1.54) is 19.4 Å². The van der Waals surface area contributed by atoms with Crippen LogP contribution in [0.4, 0.5) is 0 Å². The second-order valence-corrected chi connectivity index (χ2v) is 3.53. The molecule has 5 heteroatoms. The first-order valence-electron chi connectivity index (χ1n) is 5.34. The number of aromatic nitrogens is 2. The molecule has 0 aliphatic carbocycles. The summed E-state index contributed by atoms with van der Waals surface area (Å²) in [6.45, 7) is 0.336. The molecule has 0 unspecified atom stereocenters. The summed E-state index contributed by atoms with van der Waals surface area (Å²) in [6.07, 6.45) is 5.58. The molecule has 0 atom stereocenters. The van der Waals surface area contributed by atoms with Gasteiger partial charge in [0.25, 0.3) is 0 Å². The molecular weight excluding hydrogens is 232 g/mol. The Hall–Kier alpha value is -2.43. The van der Waals surface area contributed by atoms with E-state index in [1.54, 1.807) is 12.4 Å². The van der Waals surface area contributed by atoms with E-state index in [2.05, 4.69) is 9.97 Å². The molecule has 0 N–H and O–H groups in total. The van der Waals surface area contributed by atoms with Crippen molar-refractivity contribution in [3.8, 4) is 11.6 Å². The summed E-state index contributed by atoms with van der Waals surface area (Å²) in [6, 6.07) is 5.25. The van der Waals surface area contributed by atoms with Gasteiger partial charge in [0.15, 0.2) is 6.29 Å². The summed E-state index contributed by atoms with van der Waals surface area (Å²) in [5.41, 5.74) is 1.33. The third kappa shape index (κ3) is 2.82. The number of hydrogen-bond acceptors (Lipinski definition) is 5. The van der Waals surface area contributed by atoms with Gasteiger partial charge in [-0.2, -0.15) is 0 Å². The molecule has 0 radical (unpaired) electrons. The highest BCUT2D eigenvalue weighted by Gasteiger charge is 2.06. The molecule has 5 nitrogen and oxygen atoms in total. The van der Waals surface area contributed by atoms with Crippen LogP contribution in [0.3, 0.4) is 0 Å². The van der Waals surface area contributed by atoms with Gasteiger partial charge in [0.05, 0.1) is 18.9 Å². The zero-order chi connectivity index (χ0) is 12.8. The molecule has 2 rings (SSSR count). The Morgan fingerprint density at radius 2 is 2.28 bits per heavy atom. The van der Waals surface area contributed by atoms with Crippen LogP contribution in [0.15, 0.2) is 36.8 Å². The van der Waals surface area contributed by atoms with Crippen LogP contribution in [0, 0.1) is 0 Å². The zero-order valence-electron chi connectivity index (χ0n) is 9.87. The maximum absolute atomic E-state index is 10.9. The Bertz CT molecular complexity index is 529. The van der Waals surface area contributed by atoms with Crippen molar-refractivity contribution in [2.75, 3.05) is 7.11 Å². The van der Waals surface area contributed by atoms with Crippen LogP contribution in [-0.2, 0) is 6.61 Å². The summed E-state index contributed by atoms with van der Waals surface area (Å²) >= 11 is 0. The number of carbonyl (C=O) groups excluding carboxylic acids is 1. The molecule has 18 heavy (non-hydrogen) atoms. The SMILES string of the molecule is COc1cc(C=O)c(OCc2cccnc2)cn1. The molecule has 0 saturated heterocycles. The van der Waals surface area contributed by atoms with Gasteiger partial charge in [-0.05, 0) is 6.07 Å². The van der Waals surface area contributed by atoms with E-state index in [0.29, 0.717) is 30.1 Å². The van der Waals surface area contributed by atoms with Crippen LogP contribution in [0.5, 0.6) is 11.6 Å². The number of rotatable bonds is 5. The lowest BCUT2D eigenvalue weighted by Crippen LogP contribution is -2.00. The third-order valence-corrected chi connectivity index (χ3v) is 2.33. The van der Waals surface area contributed by atoms with Gasteiger partial charge in [-0.15, -0.1) is 0 Å². The van der Waals surface area contributed by atoms with Crippen molar-refractivity contribution in [1.29, 1.82) is 0 Å². The molecule has 2 aromatic rings. The summed E-state index contributed by atoms with van der Waals surface area (Å²) in [7, 11) is 1.49. The molecule has 0 saturated carbocycles. The molecular formula is C13H12N2O3. The van der Waals surface area contributed by atoms with Gasteiger partial charge in [-0.3, -0.25) is 9.78 Å². The molecule has 0 aliphatic heterocycles. The lowest BCUT2D eigenvalue weighted by atomic mass is 10.2. The maximum atomic E-state index is 10.9. The van der Waals surface area contributed by atoms with Crippen molar-refractivity contribution in [2.45, 2.75) is 6.61 Å². The summed E-state index contributed by atoms with van der Waals surface area (Å²) < 4.78 is 10.5. The fourth-order valence-corrected chi connectivity index (χ4v) is 1.41. The molecule has 0 amide bonds. The lowest BCUT2D eigenvalue weighted by molar-refractivity contribution is 0.111. The van der Waals surface area contributed by atoms with Crippen molar-refractivity contribution < 1.29 is 14.3 Å². The topological polar surface area (TPSA) is 61.3 Å². The smallest absolute Gasteiger partial charge is 0.213 e. The molecule has 2 heterocycles. The van der Waals surface area contributed by atoms with Gasteiger partial charge < -0.3 is 9.47 Å². The van der Waals surface area contributed by atoms with Gasteiger partial charge in [-0.25, -0.2) is 4.98 Å². The fourth-order valence-electron chi connectivity index (χ4n) is 1.41. The van der Waals surface area contributed by atoms with Gasteiger partial charge in [0.2, 0.25) is 5.88 Å². The predicted molar refractivity (Wildman–Crippen MR) is 64.7 cm³/mol. The number of nitrogens with zero attached hydrogens (tertiary/aromatic N) is 2. The van der Waals surface area contributed by atoms with Crippen LogP contribution in [0.1, 0.15) is 15.9 Å². The fraction of sp³-hybridized carbons (Fsp3) is 0.154. The van der Waals surface area contributed by atoms with Crippen LogP contribution >= 0.6 is 0 Å². The molecule has 0 bridgehead atoms. The average molecular weight is 244 g/mol. The van der Waals surface area contributed by atoms with E-state index in [0.717, 1.165) is 5.56 Å². The van der Waals surface area contributed by atoms with Crippen LogP contribution < -0.4 is 9.47 Å². The van der Waals surface area contributed by atoms with Crippen molar-refractivity contribution in [3.63, 3.8) is 0 Å². The minimum Gasteiger partial charge on any atom is -0.486 e. The Morgan fingerprint density at radius 3 is 2.94 bits per heavy atom. The second-order valence-electron chi connectivity index (χ2n) is 3.53. The Balaban J connectivity index is 2.12. The van der Waals surface area contributed by atoms with E-state index in [-0.39, 0.29) is 0 Å².